The van der Waals surface area contributed by atoms with E-state index in [1.165, 1.54) is 0 Å². The fourth-order valence-corrected chi connectivity index (χ4v) is 3.15. The maximum Gasteiger partial charge on any atom is 0.230 e. The van der Waals surface area contributed by atoms with Crippen molar-refractivity contribution in [2.24, 2.45) is 5.92 Å². The molecule has 0 saturated heterocycles. The van der Waals surface area contributed by atoms with Gasteiger partial charge in [-0.3, -0.25) is 0 Å². The van der Waals surface area contributed by atoms with Gasteiger partial charge in [-0.25, -0.2) is 0 Å². The molecule has 1 aliphatic carbocycles. The highest BCUT2D eigenvalue weighted by atomic mass is 79.9. The van der Waals surface area contributed by atoms with Crippen molar-refractivity contribution in [3.05, 3.63) is 34.4 Å². The van der Waals surface area contributed by atoms with Gasteiger partial charge < -0.3 is 15.0 Å². The average Bonchev–Trinajstić information content (AvgIpc) is 2.79. The van der Waals surface area contributed by atoms with E-state index in [1.54, 1.807) is 0 Å². The summed E-state index contributed by atoms with van der Waals surface area (Å²) in [6, 6.07) is 8.06. The Morgan fingerprint density at radius 1 is 1.33 bits per heavy atom. The van der Waals surface area contributed by atoms with Crippen LogP contribution in [0, 0.1) is 5.92 Å². The van der Waals surface area contributed by atoms with E-state index in [1.807, 2.05) is 31.2 Å². The average molecular weight is 351 g/mol. The summed E-state index contributed by atoms with van der Waals surface area (Å²) in [5.74, 6) is 1.01. The van der Waals surface area contributed by atoms with Crippen LogP contribution in [0.25, 0.3) is 11.1 Å². The van der Waals surface area contributed by atoms with Crippen LogP contribution in [0.1, 0.15) is 25.5 Å². The molecule has 1 fully saturated rings. The summed E-state index contributed by atoms with van der Waals surface area (Å²) in [4.78, 5) is 0. The number of nitrogens with zero attached hydrogens (tertiary/aromatic N) is 1. The molecule has 112 valence electrons. The van der Waals surface area contributed by atoms with Gasteiger partial charge in [0.05, 0.1) is 17.4 Å². The van der Waals surface area contributed by atoms with E-state index in [-0.39, 0.29) is 0 Å². The van der Waals surface area contributed by atoms with Gasteiger partial charge in [-0.05, 0) is 49.8 Å². The van der Waals surface area contributed by atoms with E-state index < -0.39 is 0 Å². The number of aromatic nitrogens is 1. The van der Waals surface area contributed by atoms with Crippen LogP contribution in [0.5, 0.6) is 0 Å². The number of nitrogen functional groups attached to an aromatic ring is 1. The van der Waals surface area contributed by atoms with Gasteiger partial charge in [0.2, 0.25) is 5.88 Å². The molecule has 1 aromatic carbocycles. The highest BCUT2D eigenvalue weighted by Crippen LogP contribution is 2.37. The maximum atomic E-state index is 5.96. The van der Waals surface area contributed by atoms with Gasteiger partial charge >= 0.3 is 0 Å². The zero-order chi connectivity index (χ0) is 14.8. The number of ether oxygens (including phenoxy) is 1. The van der Waals surface area contributed by atoms with E-state index in [0.717, 1.165) is 47.2 Å². The largest absolute Gasteiger partial charge is 0.378 e. The summed E-state index contributed by atoms with van der Waals surface area (Å²) < 4.78 is 11.9. The Labute approximate surface area is 132 Å². The van der Waals surface area contributed by atoms with Crippen LogP contribution in [0.3, 0.4) is 0 Å². The Balaban J connectivity index is 1.74. The first-order valence-corrected chi connectivity index (χ1v) is 8.08. The predicted octanol–water partition coefficient (Wildman–Crippen LogP) is 4.04. The lowest BCUT2D eigenvalue weighted by Gasteiger charge is -2.34. The molecule has 0 bridgehead atoms. The zero-order valence-corrected chi connectivity index (χ0v) is 13.6. The van der Waals surface area contributed by atoms with Crippen LogP contribution in [-0.4, -0.2) is 17.9 Å². The number of hydrogen-bond acceptors (Lipinski definition) is 4. The molecule has 0 amide bonds. The summed E-state index contributed by atoms with van der Waals surface area (Å²) in [7, 11) is 0. The minimum atomic E-state index is 0.396. The van der Waals surface area contributed by atoms with Crippen molar-refractivity contribution >= 4 is 21.8 Å². The highest BCUT2D eigenvalue weighted by molar-refractivity contribution is 9.10. The quantitative estimate of drug-likeness (QED) is 0.883. The predicted molar refractivity (Wildman–Crippen MR) is 85.9 cm³/mol. The molecule has 21 heavy (non-hydrogen) atoms. The second kappa shape index (κ2) is 6.20. The molecule has 1 heterocycles. The molecule has 2 aromatic rings. The minimum Gasteiger partial charge on any atom is -0.378 e. The molecule has 2 N–H and O–H groups in total. The summed E-state index contributed by atoms with van der Waals surface area (Å²) in [5, 5.41) is 4.15. The first kappa shape index (κ1) is 14.6. The Bertz CT molecular complexity index is 603. The number of benzene rings is 1. The first-order valence-electron chi connectivity index (χ1n) is 7.29. The lowest BCUT2D eigenvalue weighted by atomic mass is 9.78. The summed E-state index contributed by atoms with van der Waals surface area (Å²) in [5.41, 5.74) is 8.89. The van der Waals surface area contributed by atoms with E-state index >= 15 is 0 Å². The highest BCUT2D eigenvalue weighted by Gasteiger charge is 2.31. The fraction of sp³-hybridized carbons (Fsp3) is 0.438. The van der Waals surface area contributed by atoms with E-state index in [9.17, 15) is 0 Å². The molecule has 0 spiro atoms. The van der Waals surface area contributed by atoms with E-state index in [2.05, 4.69) is 21.1 Å². The molecule has 1 aliphatic rings. The van der Waals surface area contributed by atoms with Crippen LogP contribution in [0.4, 0.5) is 5.88 Å². The van der Waals surface area contributed by atoms with Gasteiger partial charge in [0.15, 0.2) is 0 Å². The van der Waals surface area contributed by atoms with Crippen LogP contribution in [0.15, 0.2) is 33.3 Å². The van der Waals surface area contributed by atoms with Crippen molar-refractivity contribution < 1.29 is 9.26 Å². The van der Waals surface area contributed by atoms with Crippen LogP contribution < -0.4 is 5.73 Å². The summed E-state index contributed by atoms with van der Waals surface area (Å²) in [6.45, 7) is 2.83. The Kier molecular flexibility index (Phi) is 4.31. The number of anilines is 1. The monoisotopic (exact) mass is 350 g/mol. The molecular formula is C16H19BrN2O2. The molecule has 0 radical (unpaired) electrons. The van der Waals surface area contributed by atoms with Gasteiger partial charge in [0.1, 0.15) is 0 Å². The molecule has 4 nitrogen and oxygen atoms in total. The first-order chi connectivity index (χ1) is 10.2. The number of rotatable bonds is 5. The third kappa shape index (κ3) is 3.14. The third-order valence-corrected chi connectivity index (χ3v) is 4.53. The van der Waals surface area contributed by atoms with Crippen molar-refractivity contribution in [1.29, 1.82) is 0 Å². The molecule has 0 aliphatic heterocycles. The maximum absolute atomic E-state index is 5.96. The summed E-state index contributed by atoms with van der Waals surface area (Å²) in [6.07, 6.45) is 3.51. The third-order valence-electron chi connectivity index (χ3n) is 4.00. The molecule has 0 atom stereocenters. The molecule has 5 heteroatoms. The van der Waals surface area contributed by atoms with Crippen molar-refractivity contribution in [3.8, 4) is 11.1 Å². The van der Waals surface area contributed by atoms with Crippen molar-refractivity contribution in [2.75, 3.05) is 12.3 Å². The molecule has 0 unspecified atom stereocenters. The Morgan fingerprint density at radius 2 is 2.05 bits per heavy atom. The SMILES string of the molecule is CCOC1CC(Cc2noc(N)c2-c2ccc(Br)cc2)C1. The normalized spacial score (nSPS) is 21.2. The fourth-order valence-electron chi connectivity index (χ4n) is 2.89. The van der Waals surface area contributed by atoms with Gasteiger partial charge in [0, 0.05) is 11.1 Å². The standard InChI is InChI=1S/C16H19BrN2O2/c1-2-20-13-7-10(8-13)9-14-15(16(18)21-19-14)11-3-5-12(17)6-4-11/h3-6,10,13H,2,7-9,18H2,1H3. The second-order valence-corrected chi connectivity index (χ2v) is 6.41. The van der Waals surface area contributed by atoms with Crippen LogP contribution >= 0.6 is 15.9 Å². The number of hydrogen-bond donors (Lipinski definition) is 1. The van der Waals surface area contributed by atoms with Crippen molar-refractivity contribution in [1.82, 2.24) is 5.16 Å². The lowest BCUT2D eigenvalue weighted by molar-refractivity contribution is -0.0244. The molecule has 1 saturated carbocycles. The van der Waals surface area contributed by atoms with Crippen molar-refractivity contribution in [3.63, 3.8) is 0 Å². The summed E-state index contributed by atoms with van der Waals surface area (Å²) >= 11 is 3.44. The number of halogens is 1. The van der Waals surface area contributed by atoms with Crippen LogP contribution in [-0.2, 0) is 11.2 Å². The topological polar surface area (TPSA) is 61.3 Å². The zero-order valence-electron chi connectivity index (χ0n) is 12.0. The molecule has 3 rings (SSSR count). The van der Waals surface area contributed by atoms with Gasteiger partial charge in [0.25, 0.3) is 0 Å². The lowest BCUT2D eigenvalue weighted by Crippen LogP contribution is -2.32. The van der Waals surface area contributed by atoms with Gasteiger partial charge in [-0.1, -0.05) is 33.2 Å². The molecular weight excluding hydrogens is 332 g/mol. The Hall–Kier alpha value is -1.33. The van der Waals surface area contributed by atoms with Crippen LogP contribution in [0.2, 0.25) is 0 Å². The van der Waals surface area contributed by atoms with Crippen molar-refractivity contribution in [2.45, 2.75) is 32.3 Å². The second-order valence-electron chi connectivity index (χ2n) is 5.49. The molecule has 1 aromatic heterocycles. The van der Waals surface area contributed by atoms with E-state index in [4.69, 9.17) is 15.0 Å². The van der Waals surface area contributed by atoms with Gasteiger partial charge in [-0.2, -0.15) is 0 Å². The van der Waals surface area contributed by atoms with E-state index in [0.29, 0.717) is 17.9 Å². The Morgan fingerprint density at radius 3 is 2.71 bits per heavy atom. The minimum absolute atomic E-state index is 0.396. The van der Waals surface area contributed by atoms with Gasteiger partial charge in [-0.15, -0.1) is 0 Å². The smallest absolute Gasteiger partial charge is 0.230 e. The number of nitrogens with two attached hydrogens (primary N) is 1.